The fraction of sp³-hybridized carbons (Fsp3) is 0.143. The molecule has 2 aromatic carbocycles. The third-order valence-electron chi connectivity index (χ3n) is 3.07. The van der Waals surface area contributed by atoms with Crippen LogP contribution in [-0.4, -0.2) is 14.1 Å². The lowest BCUT2D eigenvalue weighted by atomic mass is 10.2. The molecule has 1 radical (unpaired) electrons. The van der Waals surface area contributed by atoms with E-state index >= 15 is 0 Å². The van der Waals surface area contributed by atoms with Crippen molar-refractivity contribution >= 4 is 28.4 Å². The summed E-state index contributed by atoms with van der Waals surface area (Å²) in [5.41, 5.74) is 18.2. The lowest BCUT2D eigenvalue weighted by Gasteiger charge is -2.18. The van der Waals surface area contributed by atoms with Crippen LogP contribution in [0.2, 0.25) is 0 Å². The number of hydrogen-bond donors (Lipinski definition) is 2. The predicted molar refractivity (Wildman–Crippen MR) is 79.5 cm³/mol. The maximum absolute atomic E-state index is 5.76. The second-order valence-corrected chi connectivity index (χ2v) is 4.71. The summed E-state index contributed by atoms with van der Waals surface area (Å²) < 4.78 is 0. The third-order valence-corrected chi connectivity index (χ3v) is 3.07. The second kappa shape index (κ2) is 4.28. The average Bonchev–Trinajstić information content (AvgIpc) is 2.81. The van der Waals surface area contributed by atoms with Gasteiger partial charge in [0.1, 0.15) is 5.69 Å². The molecule has 0 saturated heterocycles. The van der Waals surface area contributed by atoms with Crippen molar-refractivity contribution in [2.45, 2.75) is 0 Å². The zero-order valence-corrected chi connectivity index (χ0v) is 11.0. The number of nitrogens with one attached hydrogen (secondary N) is 1. The Morgan fingerprint density at radius 1 is 1.11 bits per heavy atom. The Balaban J connectivity index is 1.82. The molecule has 97 valence electrons. The molecule has 0 spiro atoms. The number of nitrogens with two attached hydrogens (primary N) is 1. The maximum Gasteiger partial charge on any atom is 0.111 e. The van der Waals surface area contributed by atoms with Crippen molar-refractivity contribution in [3.05, 3.63) is 42.5 Å². The van der Waals surface area contributed by atoms with Gasteiger partial charge < -0.3 is 10.6 Å². The summed E-state index contributed by atoms with van der Waals surface area (Å²) in [6.45, 7) is 0. The number of nitrogens with zero attached hydrogens (tertiary/aromatic N) is 3. The highest BCUT2D eigenvalue weighted by atomic mass is 15.8. The molecule has 0 atom stereocenters. The zero-order chi connectivity index (χ0) is 13.4. The molecule has 2 aromatic rings. The summed E-state index contributed by atoms with van der Waals surface area (Å²) in [5.74, 6) is 0. The van der Waals surface area contributed by atoms with E-state index in [1.807, 2.05) is 44.4 Å². The van der Waals surface area contributed by atoms with E-state index in [0.29, 0.717) is 0 Å². The summed E-state index contributed by atoms with van der Waals surface area (Å²) in [7, 11) is 4.04. The summed E-state index contributed by atoms with van der Waals surface area (Å²) in [6, 6.07) is 13.8. The van der Waals surface area contributed by atoms with Crippen molar-refractivity contribution in [1.82, 2.24) is 5.43 Å². The first-order valence-electron chi connectivity index (χ1n) is 6.09. The molecule has 3 N–H and O–H groups in total. The largest absolute Gasteiger partial charge is 0.399 e. The molecule has 3 rings (SSSR count). The average molecular weight is 254 g/mol. The van der Waals surface area contributed by atoms with Gasteiger partial charge in [0.05, 0.1) is 11.4 Å². The molecule has 0 saturated carbocycles. The van der Waals surface area contributed by atoms with Gasteiger partial charge in [-0.05, 0) is 42.5 Å². The number of hydrogen-bond acceptors (Lipinski definition) is 4. The first-order chi connectivity index (χ1) is 9.13. The highest BCUT2D eigenvalue weighted by molar-refractivity contribution is 5.77. The lowest BCUT2D eigenvalue weighted by molar-refractivity contribution is 0.867. The van der Waals surface area contributed by atoms with Gasteiger partial charge in [-0.15, -0.1) is 0 Å². The first-order valence-corrected chi connectivity index (χ1v) is 6.09. The Hall–Kier alpha value is -2.56. The summed E-state index contributed by atoms with van der Waals surface area (Å²) >= 11 is 0. The predicted octanol–water partition coefficient (Wildman–Crippen LogP) is 2.33. The summed E-state index contributed by atoms with van der Waals surface area (Å²) in [4.78, 5) is 2.06. The van der Waals surface area contributed by atoms with Crippen molar-refractivity contribution in [1.29, 1.82) is 0 Å². The smallest absolute Gasteiger partial charge is 0.111 e. The van der Waals surface area contributed by atoms with Crippen LogP contribution >= 0.6 is 0 Å². The molecule has 0 aromatic heterocycles. The van der Waals surface area contributed by atoms with Gasteiger partial charge in [-0.1, -0.05) is 0 Å². The van der Waals surface area contributed by atoms with Gasteiger partial charge in [0, 0.05) is 25.5 Å². The van der Waals surface area contributed by atoms with Gasteiger partial charge in [0.15, 0.2) is 0 Å². The SMILES string of the molecule is CN(C)c1ccc(N2[N]c3ccc(N)cc3N2)cc1. The zero-order valence-electron chi connectivity index (χ0n) is 11.0. The molecule has 1 aliphatic heterocycles. The van der Waals surface area contributed by atoms with Gasteiger partial charge in [-0.3, -0.25) is 5.43 Å². The molecule has 0 unspecified atom stereocenters. The monoisotopic (exact) mass is 254 g/mol. The van der Waals surface area contributed by atoms with Crippen LogP contribution in [0.25, 0.3) is 0 Å². The van der Waals surface area contributed by atoms with Crippen molar-refractivity contribution < 1.29 is 0 Å². The first kappa shape index (κ1) is 11.5. The van der Waals surface area contributed by atoms with Crippen LogP contribution in [0.5, 0.6) is 0 Å². The van der Waals surface area contributed by atoms with Gasteiger partial charge in [0.2, 0.25) is 0 Å². The number of rotatable bonds is 2. The topological polar surface area (TPSA) is 58.6 Å². The van der Waals surface area contributed by atoms with Crippen LogP contribution in [0, 0.1) is 0 Å². The molecule has 0 aliphatic carbocycles. The number of anilines is 4. The van der Waals surface area contributed by atoms with E-state index < -0.39 is 0 Å². The van der Waals surface area contributed by atoms with E-state index in [2.05, 4.69) is 27.9 Å². The fourth-order valence-corrected chi connectivity index (χ4v) is 1.99. The van der Waals surface area contributed by atoms with Gasteiger partial charge in [0.25, 0.3) is 0 Å². The fourth-order valence-electron chi connectivity index (χ4n) is 1.99. The Kier molecular flexibility index (Phi) is 2.59. The molecular weight excluding hydrogens is 238 g/mol. The van der Waals surface area contributed by atoms with Crippen LogP contribution in [0.4, 0.5) is 28.4 Å². The third kappa shape index (κ3) is 2.10. The molecule has 5 heteroatoms. The van der Waals surface area contributed by atoms with Crippen molar-refractivity contribution in [3.63, 3.8) is 0 Å². The molecule has 19 heavy (non-hydrogen) atoms. The highest BCUT2D eigenvalue weighted by Gasteiger charge is 2.20. The van der Waals surface area contributed by atoms with E-state index in [9.17, 15) is 0 Å². The molecule has 0 bridgehead atoms. The molecular formula is C14H16N5. The lowest BCUT2D eigenvalue weighted by Crippen LogP contribution is -2.28. The Bertz CT molecular complexity index is 591. The van der Waals surface area contributed by atoms with Crippen LogP contribution in [0.3, 0.4) is 0 Å². The Morgan fingerprint density at radius 2 is 1.84 bits per heavy atom. The molecule has 1 heterocycles. The van der Waals surface area contributed by atoms with Gasteiger partial charge in [-0.25, -0.2) is 0 Å². The van der Waals surface area contributed by atoms with Crippen molar-refractivity contribution in [2.24, 2.45) is 0 Å². The van der Waals surface area contributed by atoms with E-state index in [4.69, 9.17) is 5.73 Å². The normalized spacial score (nSPS) is 12.6. The summed E-state index contributed by atoms with van der Waals surface area (Å²) in [5, 5.41) is 1.75. The second-order valence-electron chi connectivity index (χ2n) is 4.71. The van der Waals surface area contributed by atoms with E-state index in [1.165, 1.54) is 0 Å². The molecule has 0 amide bonds. The van der Waals surface area contributed by atoms with Gasteiger partial charge in [-0.2, -0.15) is 10.5 Å². The maximum atomic E-state index is 5.76. The van der Waals surface area contributed by atoms with Crippen LogP contribution in [-0.2, 0) is 0 Å². The van der Waals surface area contributed by atoms with Crippen molar-refractivity contribution in [3.8, 4) is 0 Å². The van der Waals surface area contributed by atoms with Crippen LogP contribution in [0.15, 0.2) is 42.5 Å². The van der Waals surface area contributed by atoms with E-state index in [0.717, 1.165) is 28.4 Å². The minimum atomic E-state index is 0.728. The van der Waals surface area contributed by atoms with Gasteiger partial charge >= 0.3 is 0 Å². The number of nitrogen functional groups attached to an aromatic ring is 1. The van der Waals surface area contributed by atoms with Crippen molar-refractivity contribution in [2.75, 3.05) is 35.3 Å². The van der Waals surface area contributed by atoms with Crippen LogP contribution in [0.1, 0.15) is 0 Å². The molecule has 1 aliphatic rings. The minimum absolute atomic E-state index is 0.728. The Morgan fingerprint density at radius 3 is 2.53 bits per heavy atom. The molecule has 5 nitrogen and oxygen atoms in total. The number of benzene rings is 2. The van der Waals surface area contributed by atoms with E-state index in [-0.39, 0.29) is 0 Å². The molecule has 0 fully saturated rings. The van der Waals surface area contributed by atoms with Crippen LogP contribution < -0.4 is 26.6 Å². The summed E-state index contributed by atoms with van der Waals surface area (Å²) in [6.07, 6.45) is 0. The Labute approximate surface area is 112 Å². The van der Waals surface area contributed by atoms with E-state index in [1.54, 1.807) is 5.12 Å². The quantitative estimate of drug-likeness (QED) is 0.808. The standard InChI is InChI=1S/C14H16N5/c1-18(2)11-4-6-12(7-5-11)19-16-13-8-3-10(15)9-14(13)17-19/h3-9,17H,15H2,1-2H3. The number of fused-ring (bicyclic) bond motifs is 1. The highest BCUT2D eigenvalue weighted by Crippen LogP contribution is 2.33. The number of hydrazine groups is 1. The minimum Gasteiger partial charge on any atom is -0.399 e.